The van der Waals surface area contributed by atoms with Gasteiger partial charge in [0.25, 0.3) is 11.5 Å². The zero-order valence-corrected chi connectivity index (χ0v) is 17.2. The second-order valence-corrected chi connectivity index (χ2v) is 7.49. The van der Waals surface area contributed by atoms with Crippen LogP contribution >= 0.6 is 0 Å². The maximum absolute atomic E-state index is 12.7. The van der Waals surface area contributed by atoms with Crippen LogP contribution in [0.25, 0.3) is 11.0 Å². The molecule has 3 aromatic rings. The van der Waals surface area contributed by atoms with Gasteiger partial charge in [-0.25, -0.2) is 4.98 Å². The van der Waals surface area contributed by atoms with E-state index in [0.717, 1.165) is 34.1 Å². The maximum atomic E-state index is 12.7. The molecule has 146 valence electrons. The van der Waals surface area contributed by atoms with Crippen molar-refractivity contribution in [3.63, 3.8) is 0 Å². The molecule has 28 heavy (non-hydrogen) atoms. The molecule has 1 atom stereocenters. The first kappa shape index (κ1) is 19.8. The molecule has 1 amide bonds. The van der Waals surface area contributed by atoms with E-state index in [1.165, 1.54) is 0 Å². The molecule has 1 heterocycles. The van der Waals surface area contributed by atoms with Crippen LogP contribution in [0.4, 0.5) is 0 Å². The molecule has 1 aromatic heterocycles. The Morgan fingerprint density at radius 3 is 2.39 bits per heavy atom. The molecule has 0 saturated heterocycles. The Hall–Kier alpha value is -2.95. The van der Waals surface area contributed by atoms with E-state index in [2.05, 4.69) is 10.3 Å². The molecule has 0 aliphatic heterocycles. The summed E-state index contributed by atoms with van der Waals surface area (Å²) in [5.74, 6) is -0.0747. The standard InChI is InChI=1S/C23H27N3O2/c1-6-16(4)24-22(27)19-9-7-18(8-10-19)13-26-21-12-15(3)14(2)11-20(21)25-17(5)23(26)28/h7-12,16H,6,13H2,1-5H3,(H,24,27). The van der Waals surface area contributed by atoms with Gasteiger partial charge in [-0.1, -0.05) is 19.1 Å². The molecule has 1 N–H and O–H groups in total. The first-order chi connectivity index (χ1) is 13.3. The van der Waals surface area contributed by atoms with E-state index >= 15 is 0 Å². The Bertz CT molecular complexity index is 1080. The van der Waals surface area contributed by atoms with Gasteiger partial charge in [-0.15, -0.1) is 0 Å². The van der Waals surface area contributed by atoms with Gasteiger partial charge in [-0.05, 0) is 75.1 Å². The van der Waals surface area contributed by atoms with Crippen molar-refractivity contribution in [3.05, 3.63) is 74.7 Å². The van der Waals surface area contributed by atoms with Gasteiger partial charge in [0.15, 0.2) is 0 Å². The second-order valence-electron chi connectivity index (χ2n) is 7.49. The van der Waals surface area contributed by atoms with E-state index in [9.17, 15) is 9.59 Å². The Morgan fingerprint density at radius 2 is 1.75 bits per heavy atom. The lowest BCUT2D eigenvalue weighted by molar-refractivity contribution is 0.0939. The Balaban J connectivity index is 1.94. The smallest absolute Gasteiger partial charge is 0.272 e. The molecule has 0 bridgehead atoms. The molecular weight excluding hydrogens is 350 g/mol. The first-order valence-electron chi connectivity index (χ1n) is 9.68. The minimum Gasteiger partial charge on any atom is -0.350 e. The number of rotatable bonds is 5. The molecule has 0 fully saturated rings. The van der Waals surface area contributed by atoms with Crippen molar-refractivity contribution in [1.82, 2.24) is 14.9 Å². The van der Waals surface area contributed by atoms with Crippen molar-refractivity contribution in [2.45, 2.75) is 53.6 Å². The molecule has 0 aliphatic rings. The third-order valence-electron chi connectivity index (χ3n) is 5.27. The fraction of sp³-hybridized carbons (Fsp3) is 0.348. The number of hydrogen-bond donors (Lipinski definition) is 1. The van der Waals surface area contributed by atoms with Gasteiger partial charge in [-0.2, -0.15) is 0 Å². The third kappa shape index (κ3) is 3.98. The number of amides is 1. The van der Waals surface area contributed by atoms with Crippen LogP contribution in [0.2, 0.25) is 0 Å². The van der Waals surface area contributed by atoms with Crippen molar-refractivity contribution in [2.75, 3.05) is 0 Å². The van der Waals surface area contributed by atoms with Crippen molar-refractivity contribution in [1.29, 1.82) is 0 Å². The average Bonchev–Trinajstić information content (AvgIpc) is 2.67. The van der Waals surface area contributed by atoms with E-state index in [-0.39, 0.29) is 17.5 Å². The second kappa shape index (κ2) is 7.97. The predicted molar refractivity (Wildman–Crippen MR) is 113 cm³/mol. The Morgan fingerprint density at radius 1 is 1.11 bits per heavy atom. The summed E-state index contributed by atoms with van der Waals surface area (Å²) in [6, 6.07) is 11.6. The quantitative estimate of drug-likeness (QED) is 0.733. The van der Waals surface area contributed by atoms with Crippen LogP contribution in [0, 0.1) is 20.8 Å². The molecule has 0 aliphatic carbocycles. The van der Waals surface area contributed by atoms with Gasteiger partial charge in [0, 0.05) is 11.6 Å². The molecule has 5 heteroatoms. The fourth-order valence-corrected chi connectivity index (χ4v) is 3.13. The van der Waals surface area contributed by atoms with Gasteiger partial charge < -0.3 is 9.88 Å². The van der Waals surface area contributed by atoms with Crippen LogP contribution < -0.4 is 10.9 Å². The number of nitrogens with one attached hydrogen (secondary N) is 1. The summed E-state index contributed by atoms with van der Waals surface area (Å²) in [7, 11) is 0. The minimum atomic E-state index is -0.0886. The molecule has 3 rings (SSSR count). The molecule has 0 saturated carbocycles. The van der Waals surface area contributed by atoms with Gasteiger partial charge in [0.05, 0.1) is 17.6 Å². The van der Waals surface area contributed by atoms with Crippen LogP contribution in [0.3, 0.4) is 0 Å². The Kier molecular flexibility index (Phi) is 5.63. The van der Waals surface area contributed by atoms with Crippen LogP contribution in [-0.4, -0.2) is 21.5 Å². The summed E-state index contributed by atoms with van der Waals surface area (Å²) in [4.78, 5) is 29.5. The first-order valence-corrected chi connectivity index (χ1v) is 9.68. The van der Waals surface area contributed by atoms with E-state index in [1.54, 1.807) is 11.5 Å². The summed E-state index contributed by atoms with van der Waals surface area (Å²) in [6.07, 6.45) is 0.889. The van der Waals surface area contributed by atoms with Gasteiger partial charge in [0.2, 0.25) is 0 Å². The lowest BCUT2D eigenvalue weighted by Gasteiger charge is -2.14. The Labute approximate surface area is 165 Å². The zero-order chi connectivity index (χ0) is 20.4. The number of fused-ring (bicyclic) bond motifs is 1. The maximum Gasteiger partial charge on any atom is 0.272 e. The van der Waals surface area contributed by atoms with Crippen molar-refractivity contribution in [3.8, 4) is 0 Å². The summed E-state index contributed by atoms with van der Waals surface area (Å²) in [5, 5.41) is 2.96. The molecular formula is C23H27N3O2. The lowest BCUT2D eigenvalue weighted by atomic mass is 10.1. The van der Waals surface area contributed by atoms with E-state index in [4.69, 9.17) is 0 Å². The number of carbonyl (C=O) groups is 1. The molecule has 0 radical (unpaired) electrons. The fourth-order valence-electron chi connectivity index (χ4n) is 3.13. The number of benzene rings is 2. The largest absolute Gasteiger partial charge is 0.350 e. The monoisotopic (exact) mass is 377 g/mol. The van der Waals surface area contributed by atoms with Crippen molar-refractivity contribution < 1.29 is 4.79 Å². The van der Waals surface area contributed by atoms with Gasteiger partial charge in [-0.3, -0.25) is 9.59 Å². The van der Waals surface area contributed by atoms with Crippen LogP contribution in [-0.2, 0) is 6.54 Å². The molecule has 2 aromatic carbocycles. The van der Waals surface area contributed by atoms with Crippen LogP contribution in [0.15, 0.2) is 41.2 Å². The topological polar surface area (TPSA) is 64.0 Å². The van der Waals surface area contributed by atoms with Crippen molar-refractivity contribution in [2.24, 2.45) is 0 Å². The zero-order valence-electron chi connectivity index (χ0n) is 17.2. The number of aromatic nitrogens is 2. The van der Waals surface area contributed by atoms with Crippen LogP contribution in [0.5, 0.6) is 0 Å². The summed E-state index contributed by atoms with van der Waals surface area (Å²) in [6.45, 7) is 10.3. The highest BCUT2D eigenvalue weighted by Gasteiger charge is 2.12. The summed E-state index contributed by atoms with van der Waals surface area (Å²) in [5.41, 5.74) is 5.92. The predicted octanol–water partition coefficient (Wildman–Crippen LogP) is 3.90. The highest BCUT2D eigenvalue weighted by molar-refractivity contribution is 5.94. The summed E-state index contributed by atoms with van der Waals surface area (Å²) >= 11 is 0. The SMILES string of the molecule is CCC(C)NC(=O)c1ccc(Cn2c(=O)c(C)nc3cc(C)c(C)cc32)cc1. The molecule has 0 spiro atoms. The van der Waals surface area contributed by atoms with E-state index in [0.29, 0.717) is 17.8 Å². The third-order valence-corrected chi connectivity index (χ3v) is 5.27. The highest BCUT2D eigenvalue weighted by atomic mass is 16.1. The molecule has 1 unspecified atom stereocenters. The van der Waals surface area contributed by atoms with Gasteiger partial charge in [0.1, 0.15) is 5.69 Å². The highest BCUT2D eigenvalue weighted by Crippen LogP contribution is 2.18. The number of aryl methyl sites for hydroxylation is 3. The normalized spacial score (nSPS) is 12.2. The number of nitrogens with zero attached hydrogens (tertiary/aromatic N) is 2. The van der Waals surface area contributed by atoms with E-state index < -0.39 is 0 Å². The van der Waals surface area contributed by atoms with Crippen molar-refractivity contribution >= 4 is 16.9 Å². The number of carbonyl (C=O) groups excluding carboxylic acids is 1. The van der Waals surface area contributed by atoms with E-state index in [1.807, 2.05) is 64.1 Å². The van der Waals surface area contributed by atoms with Gasteiger partial charge >= 0.3 is 0 Å². The molecule has 5 nitrogen and oxygen atoms in total. The average molecular weight is 377 g/mol. The summed E-state index contributed by atoms with van der Waals surface area (Å²) < 4.78 is 1.76. The minimum absolute atomic E-state index is 0.0747. The number of hydrogen-bond acceptors (Lipinski definition) is 3. The lowest BCUT2D eigenvalue weighted by Crippen LogP contribution is -2.31. The van der Waals surface area contributed by atoms with Crippen LogP contribution in [0.1, 0.15) is 53.0 Å².